The Labute approximate surface area is 192 Å². The molecule has 32 heavy (non-hydrogen) atoms. The zero-order valence-corrected chi connectivity index (χ0v) is 19.8. The number of aryl methyl sites for hydroxylation is 1. The average Bonchev–Trinajstić information content (AvgIpc) is 3.24. The normalized spacial score (nSPS) is 14.6. The van der Waals surface area contributed by atoms with Crippen molar-refractivity contribution >= 4 is 28.8 Å². The molecule has 0 bridgehead atoms. The first-order chi connectivity index (χ1) is 15.4. The van der Waals surface area contributed by atoms with E-state index >= 15 is 0 Å². The fraction of sp³-hybridized carbons (Fsp3) is 0.478. The van der Waals surface area contributed by atoms with Crippen molar-refractivity contribution in [2.45, 2.75) is 32.2 Å². The van der Waals surface area contributed by atoms with Crippen molar-refractivity contribution in [2.24, 2.45) is 0 Å². The zero-order chi connectivity index (χ0) is 23.1. The van der Waals surface area contributed by atoms with Crippen LogP contribution in [0.1, 0.15) is 33.8 Å². The van der Waals surface area contributed by atoms with Gasteiger partial charge >= 0.3 is 0 Å². The summed E-state index contributed by atoms with van der Waals surface area (Å²) in [4.78, 5) is 29.0. The maximum absolute atomic E-state index is 12.5. The van der Waals surface area contributed by atoms with Gasteiger partial charge in [-0.3, -0.25) is 9.59 Å². The molecule has 1 aromatic heterocycles. The molecule has 0 spiro atoms. The SMILES string of the molecule is COc1cc(NC(=O)CCN2CCC(NC(=O)c3ccc(C)s3)CC2)cc(OC)c1OC. The third kappa shape index (κ3) is 6.14. The number of likely N-dealkylation sites (tertiary alicyclic amines) is 1. The third-order valence-electron chi connectivity index (χ3n) is 5.49. The van der Waals surface area contributed by atoms with E-state index in [1.165, 1.54) is 32.7 Å². The predicted molar refractivity (Wildman–Crippen MR) is 125 cm³/mol. The molecule has 1 aromatic carbocycles. The molecule has 1 aliphatic heterocycles. The predicted octanol–water partition coefficient (Wildman–Crippen LogP) is 3.31. The molecule has 1 fully saturated rings. The van der Waals surface area contributed by atoms with E-state index in [-0.39, 0.29) is 17.9 Å². The number of hydrogen-bond donors (Lipinski definition) is 2. The Morgan fingerprint density at radius 3 is 2.25 bits per heavy atom. The van der Waals surface area contributed by atoms with Crippen LogP contribution in [0.15, 0.2) is 24.3 Å². The highest BCUT2D eigenvalue weighted by atomic mass is 32.1. The lowest BCUT2D eigenvalue weighted by Gasteiger charge is -2.32. The highest BCUT2D eigenvalue weighted by molar-refractivity contribution is 7.13. The number of carbonyl (C=O) groups is 2. The number of thiophene rings is 1. The maximum atomic E-state index is 12.5. The second-order valence-electron chi connectivity index (χ2n) is 7.71. The van der Waals surface area contributed by atoms with Gasteiger partial charge in [0.05, 0.1) is 26.2 Å². The summed E-state index contributed by atoms with van der Waals surface area (Å²) in [6.07, 6.45) is 2.14. The number of nitrogens with one attached hydrogen (secondary N) is 2. The summed E-state index contributed by atoms with van der Waals surface area (Å²) >= 11 is 1.51. The van der Waals surface area contributed by atoms with Crippen LogP contribution in [0.5, 0.6) is 17.2 Å². The smallest absolute Gasteiger partial charge is 0.261 e. The van der Waals surface area contributed by atoms with Gasteiger partial charge in [0.25, 0.3) is 5.91 Å². The Morgan fingerprint density at radius 1 is 1.06 bits per heavy atom. The lowest BCUT2D eigenvalue weighted by Crippen LogP contribution is -2.45. The standard InChI is InChI=1S/C23H31N3O5S/c1-15-5-6-20(32-15)23(28)25-16-7-10-26(11-8-16)12-9-21(27)24-17-13-18(29-2)22(31-4)19(14-17)30-3/h5-6,13-14,16H,7-12H2,1-4H3,(H,24,27)(H,25,28). The van der Waals surface area contributed by atoms with E-state index in [2.05, 4.69) is 15.5 Å². The number of ether oxygens (including phenoxy) is 3. The van der Waals surface area contributed by atoms with Crippen LogP contribution in [-0.4, -0.2) is 63.7 Å². The van der Waals surface area contributed by atoms with Crippen molar-refractivity contribution in [1.82, 2.24) is 10.2 Å². The van der Waals surface area contributed by atoms with Gasteiger partial charge in [-0.2, -0.15) is 0 Å². The van der Waals surface area contributed by atoms with Crippen molar-refractivity contribution in [2.75, 3.05) is 46.3 Å². The van der Waals surface area contributed by atoms with Gasteiger partial charge in [-0.1, -0.05) is 0 Å². The molecular weight excluding hydrogens is 430 g/mol. The molecular formula is C23H31N3O5S. The average molecular weight is 462 g/mol. The zero-order valence-electron chi connectivity index (χ0n) is 19.0. The van der Waals surface area contributed by atoms with Crippen molar-refractivity contribution in [3.63, 3.8) is 0 Å². The monoisotopic (exact) mass is 461 g/mol. The van der Waals surface area contributed by atoms with Crippen LogP contribution in [0, 0.1) is 6.92 Å². The molecule has 1 aliphatic rings. The van der Waals surface area contributed by atoms with Gasteiger partial charge in [-0.15, -0.1) is 11.3 Å². The van der Waals surface area contributed by atoms with E-state index in [1.54, 1.807) is 12.1 Å². The largest absolute Gasteiger partial charge is 0.493 e. The van der Waals surface area contributed by atoms with Crippen LogP contribution in [-0.2, 0) is 4.79 Å². The first-order valence-electron chi connectivity index (χ1n) is 10.6. The molecule has 2 N–H and O–H groups in total. The van der Waals surface area contributed by atoms with Crippen molar-refractivity contribution in [1.29, 1.82) is 0 Å². The second-order valence-corrected chi connectivity index (χ2v) is 9.00. The number of anilines is 1. The van der Waals surface area contributed by atoms with Crippen LogP contribution in [0.3, 0.4) is 0 Å². The summed E-state index contributed by atoms with van der Waals surface area (Å²) in [6, 6.07) is 7.43. The number of carbonyl (C=O) groups excluding carboxylic acids is 2. The topological polar surface area (TPSA) is 89.1 Å². The highest BCUT2D eigenvalue weighted by Gasteiger charge is 2.22. The molecule has 0 saturated carbocycles. The van der Waals surface area contributed by atoms with Gasteiger partial charge in [0.2, 0.25) is 11.7 Å². The minimum Gasteiger partial charge on any atom is -0.493 e. The minimum absolute atomic E-state index is 0.00581. The van der Waals surface area contributed by atoms with Crippen LogP contribution in [0.25, 0.3) is 0 Å². The van der Waals surface area contributed by atoms with Gasteiger partial charge in [0.15, 0.2) is 11.5 Å². The summed E-state index contributed by atoms with van der Waals surface area (Å²) in [6.45, 7) is 4.37. The summed E-state index contributed by atoms with van der Waals surface area (Å²) in [5.74, 6) is 1.39. The Kier molecular flexibility index (Phi) is 8.35. The number of nitrogens with zero attached hydrogens (tertiary/aromatic N) is 1. The molecule has 2 aromatic rings. The fourth-order valence-corrected chi connectivity index (χ4v) is 4.52. The molecule has 0 unspecified atom stereocenters. The molecule has 0 aliphatic carbocycles. The van der Waals surface area contributed by atoms with E-state index < -0.39 is 0 Å². The molecule has 0 radical (unpaired) electrons. The Hall–Kier alpha value is -2.78. The number of piperidine rings is 1. The number of rotatable bonds is 9. The summed E-state index contributed by atoms with van der Waals surface area (Å²) in [7, 11) is 4.61. The van der Waals surface area contributed by atoms with E-state index in [4.69, 9.17) is 14.2 Å². The lowest BCUT2D eigenvalue weighted by molar-refractivity contribution is -0.116. The Morgan fingerprint density at radius 2 is 1.72 bits per heavy atom. The summed E-state index contributed by atoms with van der Waals surface area (Å²) in [5.41, 5.74) is 0.592. The van der Waals surface area contributed by atoms with E-state index in [0.717, 1.165) is 35.7 Å². The van der Waals surface area contributed by atoms with Gasteiger partial charge in [0, 0.05) is 54.8 Å². The fourth-order valence-electron chi connectivity index (χ4n) is 3.75. The number of amides is 2. The van der Waals surface area contributed by atoms with Crippen LogP contribution in [0.2, 0.25) is 0 Å². The summed E-state index contributed by atoms with van der Waals surface area (Å²) < 4.78 is 16.0. The van der Waals surface area contributed by atoms with Crippen molar-refractivity contribution < 1.29 is 23.8 Å². The van der Waals surface area contributed by atoms with Gasteiger partial charge in [-0.05, 0) is 31.9 Å². The molecule has 3 rings (SSSR count). The summed E-state index contributed by atoms with van der Waals surface area (Å²) in [5, 5.41) is 6.03. The number of hydrogen-bond acceptors (Lipinski definition) is 7. The van der Waals surface area contributed by atoms with Gasteiger partial charge in [-0.25, -0.2) is 0 Å². The minimum atomic E-state index is -0.0808. The second kappa shape index (κ2) is 11.2. The Bertz CT molecular complexity index is 912. The van der Waals surface area contributed by atoms with Crippen LogP contribution in [0.4, 0.5) is 5.69 Å². The highest BCUT2D eigenvalue weighted by Crippen LogP contribution is 2.39. The van der Waals surface area contributed by atoms with E-state index in [9.17, 15) is 9.59 Å². The van der Waals surface area contributed by atoms with Gasteiger partial charge < -0.3 is 29.7 Å². The van der Waals surface area contributed by atoms with Crippen LogP contribution >= 0.6 is 11.3 Å². The first-order valence-corrected chi connectivity index (χ1v) is 11.4. The molecule has 174 valence electrons. The number of benzene rings is 1. The lowest BCUT2D eigenvalue weighted by atomic mass is 10.0. The quantitative estimate of drug-likeness (QED) is 0.596. The number of methoxy groups -OCH3 is 3. The van der Waals surface area contributed by atoms with Crippen LogP contribution < -0.4 is 24.8 Å². The maximum Gasteiger partial charge on any atom is 0.261 e. The van der Waals surface area contributed by atoms with Crippen molar-refractivity contribution in [3.05, 3.63) is 34.0 Å². The molecule has 8 nitrogen and oxygen atoms in total. The van der Waals surface area contributed by atoms with E-state index in [0.29, 0.717) is 35.9 Å². The first kappa shape index (κ1) is 23.9. The van der Waals surface area contributed by atoms with E-state index in [1.807, 2.05) is 19.1 Å². The molecule has 9 heteroatoms. The molecule has 1 saturated heterocycles. The molecule has 2 amide bonds. The third-order valence-corrected chi connectivity index (χ3v) is 6.49. The molecule has 0 atom stereocenters. The van der Waals surface area contributed by atoms with Crippen molar-refractivity contribution in [3.8, 4) is 17.2 Å². The van der Waals surface area contributed by atoms with Gasteiger partial charge in [0.1, 0.15) is 0 Å². The molecule has 2 heterocycles. The Balaban J connectivity index is 1.44.